The Kier molecular flexibility index (Phi) is 5.04. The first-order valence-corrected chi connectivity index (χ1v) is 8.37. The largest absolute Gasteiger partial charge is 0.348 e. The first-order chi connectivity index (χ1) is 12.0. The molecule has 2 heterocycles. The smallest absolute Gasteiger partial charge is 0.240 e. The summed E-state index contributed by atoms with van der Waals surface area (Å²) in [6.07, 6.45) is 3.45. The third-order valence-electron chi connectivity index (χ3n) is 3.90. The Hall–Kier alpha value is -2.80. The van der Waals surface area contributed by atoms with E-state index in [9.17, 15) is 4.79 Å². The maximum absolute atomic E-state index is 12.5. The second-order valence-corrected chi connectivity index (χ2v) is 6.27. The minimum Gasteiger partial charge on any atom is -0.348 e. The van der Waals surface area contributed by atoms with Gasteiger partial charge in [-0.3, -0.25) is 19.4 Å². The average molecular weight is 353 g/mol. The summed E-state index contributed by atoms with van der Waals surface area (Å²) in [7, 11) is 0. The minimum absolute atomic E-state index is 0.100. The number of pyridine rings is 1. The third kappa shape index (κ3) is 4.00. The molecule has 0 saturated heterocycles. The van der Waals surface area contributed by atoms with Crippen molar-refractivity contribution >= 4 is 18.1 Å². The lowest BCUT2D eigenvalue weighted by atomic mass is 10.1. The molecular weight excluding hydrogens is 334 g/mol. The van der Waals surface area contributed by atoms with Gasteiger partial charge in [0, 0.05) is 18.0 Å². The van der Waals surface area contributed by atoms with E-state index in [0.29, 0.717) is 10.6 Å². The highest BCUT2D eigenvalue weighted by atomic mass is 32.1. The molecule has 0 aliphatic rings. The van der Waals surface area contributed by atoms with Gasteiger partial charge in [0.2, 0.25) is 5.91 Å². The molecular formula is C18H19N5OS. The fourth-order valence-corrected chi connectivity index (χ4v) is 2.81. The molecule has 3 aromatic rings. The molecule has 7 heteroatoms. The maximum Gasteiger partial charge on any atom is 0.240 e. The van der Waals surface area contributed by atoms with E-state index in [2.05, 4.69) is 20.5 Å². The number of aromatic nitrogens is 4. The van der Waals surface area contributed by atoms with Crippen LogP contribution < -0.4 is 5.32 Å². The monoisotopic (exact) mass is 353 g/mol. The lowest BCUT2D eigenvalue weighted by molar-refractivity contribution is -0.122. The summed E-state index contributed by atoms with van der Waals surface area (Å²) in [6, 6.07) is 11.6. The Labute approximate surface area is 150 Å². The van der Waals surface area contributed by atoms with Gasteiger partial charge in [0.15, 0.2) is 10.6 Å². The average Bonchev–Trinajstić information content (AvgIpc) is 2.96. The number of nitrogens with one attached hydrogen (secondary N) is 2. The highest BCUT2D eigenvalue weighted by molar-refractivity contribution is 7.71. The lowest BCUT2D eigenvalue weighted by Crippen LogP contribution is -2.30. The van der Waals surface area contributed by atoms with Gasteiger partial charge in [0.25, 0.3) is 0 Å². The molecule has 0 radical (unpaired) electrons. The second-order valence-electron chi connectivity index (χ2n) is 5.88. The summed E-state index contributed by atoms with van der Waals surface area (Å²) < 4.78 is 2.12. The maximum atomic E-state index is 12.5. The van der Waals surface area contributed by atoms with Gasteiger partial charge < -0.3 is 5.32 Å². The second kappa shape index (κ2) is 7.40. The molecule has 1 aromatic carbocycles. The molecule has 0 bridgehead atoms. The molecule has 0 spiro atoms. The molecule has 1 amide bonds. The summed E-state index contributed by atoms with van der Waals surface area (Å²) in [4.78, 5) is 16.5. The lowest BCUT2D eigenvalue weighted by Gasteiger charge is -2.14. The van der Waals surface area contributed by atoms with Crippen LogP contribution in [-0.4, -0.2) is 25.7 Å². The Morgan fingerprint density at radius 1 is 1.36 bits per heavy atom. The van der Waals surface area contributed by atoms with E-state index in [-0.39, 0.29) is 18.5 Å². The van der Waals surface area contributed by atoms with Gasteiger partial charge in [-0.05, 0) is 43.8 Å². The number of nitrogens with zero attached hydrogens (tertiary/aromatic N) is 3. The first-order valence-electron chi connectivity index (χ1n) is 7.96. The zero-order chi connectivity index (χ0) is 17.8. The van der Waals surface area contributed by atoms with Gasteiger partial charge >= 0.3 is 0 Å². The molecule has 2 N–H and O–H groups in total. The molecule has 0 fully saturated rings. The number of hydrogen-bond acceptors (Lipinski definition) is 4. The predicted molar refractivity (Wildman–Crippen MR) is 98.4 cm³/mol. The number of aromatic amines is 1. The molecule has 6 nitrogen and oxygen atoms in total. The van der Waals surface area contributed by atoms with Crippen molar-refractivity contribution < 1.29 is 4.79 Å². The summed E-state index contributed by atoms with van der Waals surface area (Å²) in [5.74, 6) is 0.514. The van der Waals surface area contributed by atoms with E-state index in [1.165, 1.54) is 0 Å². The minimum atomic E-state index is -0.136. The summed E-state index contributed by atoms with van der Waals surface area (Å²) in [5.41, 5.74) is 2.98. The van der Waals surface area contributed by atoms with Crippen LogP contribution >= 0.6 is 12.2 Å². The van der Waals surface area contributed by atoms with Crippen LogP contribution in [0.5, 0.6) is 0 Å². The van der Waals surface area contributed by atoms with Gasteiger partial charge in [-0.2, -0.15) is 5.10 Å². The topological polar surface area (TPSA) is 75.6 Å². The molecule has 0 aliphatic carbocycles. The van der Waals surface area contributed by atoms with Crippen molar-refractivity contribution in [1.82, 2.24) is 25.1 Å². The Morgan fingerprint density at radius 3 is 2.92 bits per heavy atom. The first kappa shape index (κ1) is 17.0. The van der Waals surface area contributed by atoms with Crippen LogP contribution in [0.25, 0.3) is 11.4 Å². The van der Waals surface area contributed by atoms with E-state index in [1.54, 1.807) is 17.0 Å². The highest BCUT2D eigenvalue weighted by Gasteiger charge is 2.15. The zero-order valence-corrected chi connectivity index (χ0v) is 14.9. The van der Waals surface area contributed by atoms with Crippen molar-refractivity contribution in [2.75, 3.05) is 0 Å². The van der Waals surface area contributed by atoms with Crippen LogP contribution in [0, 0.1) is 11.7 Å². The summed E-state index contributed by atoms with van der Waals surface area (Å²) in [5, 5.41) is 10.0. The Balaban J connectivity index is 1.78. The van der Waals surface area contributed by atoms with Crippen LogP contribution in [0.15, 0.2) is 48.8 Å². The SMILES string of the molecule is Cc1cccc(-c2n[nH]c(=S)n2CC(=O)NC(C)c2cccnc2)c1. The molecule has 1 atom stereocenters. The number of hydrogen-bond donors (Lipinski definition) is 2. The molecule has 25 heavy (non-hydrogen) atoms. The van der Waals surface area contributed by atoms with Gasteiger partial charge in [-0.1, -0.05) is 29.8 Å². The van der Waals surface area contributed by atoms with Gasteiger partial charge in [0.05, 0.1) is 6.04 Å². The van der Waals surface area contributed by atoms with Crippen molar-refractivity contribution in [2.24, 2.45) is 0 Å². The number of amides is 1. The molecule has 0 saturated carbocycles. The van der Waals surface area contributed by atoms with Crippen molar-refractivity contribution in [2.45, 2.75) is 26.4 Å². The zero-order valence-electron chi connectivity index (χ0n) is 14.1. The van der Waals surface area contributed by atoms with E-state index in [1.807, 2.05) is 50.2 Å². The van der Waals surface area contributed by atoms with Crippen LogP contribution in [0.4, 0.5) is 0 Å². The van der Waals surface area contributed by atoms with Crippen molar-refractivity contribution in [3.63, 3.8) is 0 Å². The molecule has 1 unspecified atom stereocenters. The van der Waals surface area contributed by atoms with E-state index in [0.717, 1.165) is 16.7 Å². The highest BCUT2D eigenvalue weighted by Crippen LogP contribution is 2.18. The normalized spacial score (nSPS) is 11.9. The number of benzene rings is 1. The van der Waals surface area contributed by atoms with Crippen molar-refractivity contribution in [3.8, 4) is 11.4 Å². The Morgan fingerprint density at radius 2 is 2.20 bits per heavy atom. The Bertz CT molecular complexity index is 932. The van der Waals surface area contributed by atoms with Crippen LogP contribution in [0.3, 0.4) is 0 Å². The molecule has 2 aromatic heterocycles. The van der Waals surface area contributed by atoms with Gasteiger partial charge in [-0.15, -0.1) is 0 Å². The fraction of sp³-hybridized carbons (Fsp3) is 0.222. The van der Waals surface area contributed by atoms with E-state index < -0.39 is 0 Å². The van der Waals surface area contributed by atoms with E-state index >= 15 is 0 Å². The van der Waals surface area contributed by atoms with E-state index in [4.69, 9.17) is 12.2 Å². The van der Waals surface area contributed by atoms with Gasteiger partial charge in [-0.25, -0.2) is 0 Å². The fourth-order valence-electron chi connectivity index (χ4n) is 2.62. The number of carbonyl (C=O) groups excluding carboxylic acids is 1. The van der Waals surface area contributed by atoms with Crippen molar-refractivity contribution in [1.29, 1.82) is 0 Å². The van der Waals surface area contributed by atoms with Crippen molar-refractivity contribution in [3.05, 3.63) is 64.7 Å². The summed E-state index contributed by atoms with van der Waals surface area (Å²) in [6.45, 7) is 4.03. The van der Waals surface area contributed by atoms with Crippen LogP contribution in [-0.2, 0) is 11.3 Å². The summed E-state index contributed by atoms with van der Waals surface area (Å²) >= 11 is 5.29. The molecule has 0 aliphatic heterocycles. The van der Waals surface area contributed by atoms with Gasteiger partial charge in [0.1, 0.15) is 6.54 Å². The van der Waals surface area contributed by atoms with Crippen LogP contribution in [0.1, 0.15) is 24.1 Å². The number of H-pyrrole nitrogens is 1. The number of rotatable bonds is 5. The molecule has 128 valence electrons. The quantitative estimate of drug-likeness (QED) is 0.691. The standard InChI is InChI=1S/C18H19N5OS/c1-12-5-3-6-14(9-12)17-21-22-18(25)23(17)11-16(24)20-13(2)15-7-4-8-19-10-15/h3-10,13H,11H2,1-2H3,(H,20,24)(H,22,25). The number of carbonyl (C=O) groups is 1. The molecule has 3 rings (SSSR count). The number of aryl methyl sites for hydroxylation is 1. The predicted octanol–water partition coefficient (Wildman–Crippen LogP) is 3.19. The third-order valence-corrected chi connectivity index (χ3v) is 4.21. The van der Waals surface area contributed by atoms with Crippen LogP contribution in [0.2, 0.25) is 0 Å².